The molecule has 2 aromatic heterocycles. The number of fused-ring (bicyclic) bond motifs is 1. The second kappa shape index (κ2) is 12.5. The van der Waals surface area contributed by atoms with E-state index in [-0.39, 0.29) is 17.9 Å². The molecule has 7 heteroatoms. The molecule has 1 aliphatic rings. The lowest BCUT2D eigenvalue weighted by Crippen LogP contribution is -2.42. The van der Waals surface area contributed by atoms with E-state index in [1.54, 1.807) is 7.11 Å². The summed E-state index contributed by atoms with van der Waals surface area (Å²) in [4.78, 5) is 24.7. The van der Waals surface area contributed by atoms with Crippen molar-refractivity contribution >= 4 is 16.9 Å². The zero-order valence-electron chi connectivity index (χ0n) is 23.1. The van der Waals surface area contributed by atoms with Gasteiger partial charge in [-0.1, -0.05) is 42.5 Å². The second-order valence-electron chi connectivity index (χ2n) is 10.7. The highest BCUT2D eigenvalue weighted by Crippen LogP contribution is 2.30. The number of hydrogen-bond donors (Lipinski definition) is 1. The number of ether oxygens (including phenoxy) is 1. The smallest absolute Gasteiger partial charge is 0.224 e. The van der Waals surface area contributed by atoms with E-state index in [0.717, 1.165) is 71.6 Å². The second-order valence-corrected chi connectivity index (χ2v) is 10.7. The van der Waals surface area contributed by atoms with E-state index in [4.69, 9.17) is 15.5 Å². The lowest BCUT2D eigenvalue weighted by atomic mass is 9.95. The molecule has 1 aliphatic heterocycles. The highest BCUT2D eigenvalue weighted by atomic mass is 16.5. The number of piperidine rings is 1. The van der Waals surface area contributed by atoms with Crippen LogP contribution in [0.1, 0.15) is 48.7 Å². The number of carbonyl (C=O) groups excluding carboxylic acids is 1. The minimum atomic E-state index is -0.219. The van der Waals surface area contributed by atoms with E-state index in [2.05, 4.69) is 58.1 Å². The molecule has 7 nitrogen and oxygen atoms in total. The molecule has 2 N–H and O–H groups in total. The number of amides is 1. The number of benzene rings is 2. The molecule has 0 radical (unpaired) electrons. The maximum Gasteiger partial charge on any atom is 0.224 e. The average Bonchev–Trinajstić information content (AvgIpc) is 3.33. The van der Waals surface area contributed by atoms with Crippen molar-refractivity contribution in [3.05, 3.63) is 83.9 Å². The molecule has 3 heterocycles. The molecule has 4 aromatic rings. The van der Waals surface area contributed by atoms with Crippen LogP contribution in [0.5, 0.6) is 0 Å². The zero-order valence-corrected chi connectivity index (χ0v) is 23.1. The van der Waals surface area contributed by atoms with Crippen molar-refractivity contribution in [1.82, 2.24) is 19.4 Å². The number of nitrogens with zero attached hydrogens (tertiary/aromatic N) is 4. The standard InChI is InChI=1S/C32H39N5O2/c1-23-10-13-26(21-34-23)25-14-11-24(12-15-25)19-28(33)20-31(38)36-16-5-7-27(22-36)32-35-29-8-3-4-9-30(29)37(32)17-6-18-39-2/h3-4,8-15,21,27-28H,5-7,16-20,22,33H2,1-2H3/t27-,28-/m1/s1. The third-order valence-electron chi connectivity index (χ3n) is 7.69. The summed E-state index contributed by atoms with van der Waals surface area (Å²) in [5.74, 6) is 1.44. The van der Waals surface area contributed by atoms with Gasteiger partial charge in [0.1, 0.15) is 5.82 Å². The number of pyridine rings is 1. The summed E-state index contributed by atoms with van der Waals surface area (Å²) < 4.78 is 7.62. The molecule has 0 saturated carbocycles. The molecular formula is C32H39N5O2. The number of likely N-dealkylation sites (tertiary alicyclic amines) is 1. The van der Waals surface area contributed by atoms with Crippen LogP contribution in [0.3, 0.4) is 0 Å². The Hall–Kier alpha value is -3.55. The number of aryl methyl sites for hydroxylation is 2. The fourth-order valence-electron chi connectivity index (χ4n) is 5.62. The molecule has 39 heavy (non-hydrogen) atoms. The van der Waals surface area contributed by atoms with Crippen LogP contribution in [-0.2, 0) is 22.5 Å². The van der Waals surface area contributed by atoms with Crippen LogP contribution in [0.2, 0.25) is 0 Å². The molecule has 1 fully saturated rings. The third-order valence-corrected chi connectivity index (χ3v) is 7.69. The summed E-state index contributed by atoms with van der Waals surface area (Å²) >= 11 is 0. The van der Waals surface area contributed by atoms with Gasteiger partial charge >= 0.3 is 0 Å². The molecule has 1 amide bonds. The molecule has 204 valence electrons. The predicted octanol–water partition coefficient (Wildman–Crippen LogP) is 5.11. The Balaban J connectivity index is 1.21. The lowest BCUT2D eigenvalue weighted by molar-refractivity contribution is -0.132. The molecule has 0 spiro atoms. The van der Waals surface area contributed by atoms with Gasteiger partial charge in [-0.3, -0.25) is 9.78 Å². The predicted molar refractivity (Wildman–Crippen MR) is 155 cm³/mol. The van der Waals surface area contributed by atoms with E-state index >= 15 is 0 Å². The summed E-state index contributed by atoms with van der Waals surface area (Å²) in [6, 6.07) is 20.6. The van der Waals surface area contributed by atoms with Crippen LogP contribution in [0, 0.1) is 6.92 Å². The average molecular weight is 526 g/mol. The SMILES string of the molecule is COCCCn1c([C@@H]2CCCN(C(=O)C[C@H](N)Cc3ccc(-c4ccc(C)nc4)cc3)C2)nc2ccccc21. The van der Waals surface area contributed by atoms with Crippen molar-refractivity contribution in [2.24, 2.45) is 5.73 Å². The first-order valence-electron chi connectivity index (χ1n) is 14.0. The van der Waals surface area contributed by atoms with Crippen LogP contribution >= 0.6 is 0 Å². The van der Waals surface area contributed by atoms with Crippen molar-refractivity contribution in [2.75, 3.05) is 26.8 Å². The molecule has 2 atom stereocenters. The Labute approximate surface area is 231 Å². The number of methoxy groups -OCH3 is 1. The molecule has 5 rings (SSSR count). The fraction of sp³-hybridized carbons (Fsp3) is 0.406. The van der Waals surface area contributed by atoms with Gasteiger partial charge < -0.3 is 19.9 Å². The Morgan fingerprint density at radius 3 is 2.67 bits per heavy atom. The molecule has 0 aliphatic carbocycles. The lowest BCUT2D eigenvalue weighted by Gasteiger charge is -2.33. The van der Waals surface area contributed by atoms with Gasteiger partial charge in [-0.15, -0.1) is 0 Å². The van der Waals surface area contributed by atoms with Crippen molar-refractivity contribution < 1.29 is 9.53 Å². The number of aromatic nitrogens is 3. The molecule has 2 aromatic carbocycles. The van der Waals surface area contributed by atoms with E-state index in [0.29, 0.717) is 26.0 Å². The number of carbonyl (C=O) groups is 1. The quantitative estimate of drug-likeness (QED) is 0.291. The van der Waals surface area contributed by atoms with Crippen LogP contribution < -0.4 is 5.73 Å². The summed E-state index contributed by atoms with van der Waals surface area (Å²) in [5, 5.41) is 0. The Kier molecular flexibility index (Phi) is 8.69. The third kappa shape index (κ3) is 6.54. The summed E-state index contributed by atoms with van der Waals surface area (Å²) in [6.45, 7) is 5.04. The van der Waals surface area contributed by atoms with Crippen LogP contribution in [0.25, 0.3) is 22.2 Å². The Morgan fingerprint density at radius 1 is 1.10 bits per heavy atom. The zero-order chi connectivity index (χ0) is 27.2. The first-order valence-corrected chi connectivity index (χ1v) is 14.0. The summed E-state index contributed by atoms with van der Waals surface area (Å²) in [6.07, 6.45) is 5.85. The Bertz CT molecular complexity index is 1380. The van der Waals surface area contributed by atoms with E-state index in [9.17, 15) is 4.79 Å². The monoisotopic (exact) mass is 525 g/mol. The van der Waals surface area contributed by atoms with Crippen molar-refractivity contribution in [2.45, 2.75) is 57.5 Å². The molecule has 0 unspecified atom stereocenters. The topological polar surface area (TPSA) is 86.3 Å². The molecular weight excluding hydrogens is 486 g/mol. The molecule has 1 saturated heterocycles. The number of para-hydroxylation sites is 2. The number of hydrogen-bond acceptors (Lipinski definition) is 5. The largest absolute Gasteiger partial charge is 0.385 e. The number of nitrogens with two attached hydrogens (primary N) is 1. The number of rotatable bonds is 10. The van der Waals surface area contributed by atoms with Crippen LogP contribution in [-0.4, -0.2) is 58.2 Å². The van der Waals surface area contributed by atoms with Gasteiger partial charge in [0.05, 0.1) is 11.0 Å². The normalized spacial score (nSPS) is 16.5. The van der Waals surface area contributed by atoms with Gasteiger partial charge in [0.25, 0.3) is 0 Å². The van der Waals surface area contributed by atoms with E-state index < -0.39 is 0 Å². The van der Waals surface area contributed by atoms with Gasteiger partial charge in [-0.2, -0.15) is 0 Å². The van der Waals surface area contributed by atoms with Gasteiger partial charge in [0.15, 0.2) is 0 Å². The maximum absolute atomic E-state index is 13.3. The number of imidazole rings is 1. The highest BCUT2D eigenvalue weighted by molar-refractivity contribution is 5.78. The van der Waals surface area contributed by atoms with Crippen LogP contribution in [0.15, 0.2) is 66.9 Å². The minimum Gasteiger partial charge on any atom is -0.385 e. The summed E-state index contributed by atoms with van der Waals surface area (Å²) in [5.41, 5.74) is 13.0. The van der Waals surface area contributed by atoms with Crippen molar-refractivity contribution in [3.8, 4) is 11.1 Å². The van der Waals surface area contributed by atoms with Gasteiger partial charge in [-0.05, 0) is 61.9 Å². The summed E-state index contributed by atoms with van der Waals surface area (Å²) in [7, 11) is 1.74. The minimum absolute atomic E-state index is 0.136. The van der Waals surface area contributed by atoms with Gasteiger partial charge in [-0.25, -0.2) is 4.98 Å². The first kappa shape index (κ1) is 27.0. The first-order chi connectivity index (χ1) is 19.0. The van der Waals surface area contributed by atoms with E-state index in [1.807, 2.05) is 30.2 Å². The van der Waals surface area contributed by atoms with Crippen molar-refractivity contribution in [1.29, 1.82) is 0 Å². The Morgan fingerprint density at radius 2 is 1.90 bits per heavy atom. The van der Waals surface area contributed by atoms with Crippen LogP contribution in [0.4, 0.5) is 0 Å². The fourth-order valence-corrected chi connectivity index (χ4v) is 5.62. The maximum atomic E-state index is 13.3. The highest BCUT2D eigenvalue weighted by Gasteiger charge is 2.29. The van der Waals surface area contributed by atoms with Gasteiger partial charge in [0.2, 0.25) is 5.91 Å². The molecule has 0 bridgehead atoms. The van der Waals surface area contributed by atoms with Gasteiger partial charge in [0, 0.05) is 69.2 Å². The van der Waals surface area contributed by atoms with E-state index in [1.165, 1.54) is 0 Å². The van der Waals surface area contributed by atoms with Crippen molar-refractivity contribution in [3.63, 3.8) is 0 Å².